The summed E-state index contributed by atoms with van der Waals surface area (Å²) in [4.78, 5) is 36.7. The molecule has 0 heterocycles. The lowest BCUT2D eigenvalue weighted by Gasteiger charge is -2.20. The summed E-state index contributed by atoms with van der Waals surface area (Å²) >= 11 is 0. The molecule has 34 heavy (non-hydrogen) atoms. The van der Waals surface area contributed by atoms with Gasteiger partial charge >= 0.3 is 12.1 Å². The first-order valence-electron chi connectivity index (χ1n) is 11.6. The maximum atomic E-state index is 12.7. The van der Waals surface area contributed by atoms with Gasteiger partial charge in [-0.05, 0) is 47.9 Å². The lowest BCUT2D eigenvalue weighted by Crippen LogP contribution is -2.47. The molecule has 8 nitrogen and oxygen atoms in total. The SMILES string of the molecule is COCCCC(NC(=O)C1(CNC(=O)OCC2c3ccccc3-c3ccccc32)CC1)C(=O)O. The largest absolute Gasteiger partial charge is 0.480 e. The highest BCUT2D eigenvalue weighted by atomic mass is 16.5. The Bertz CT molecular complexity index is 1020. The van der Waals surface area contributed by atoms with Crippen LogP contribution in [-0.2, 0) is 19.1 Å². The third-order valence-corrected chi connectivity index (χ3v) is 6.69. The maximum Gasteiger partial charge on any atom is 0.407 e. The van der Waals surface area contributed by atoms with E-state index in [1.54, 1.807) is 7.11 Å². The van der Waals surface area contributed by atoms with Gasteiger partial charge in [0.05, 0.1) is 5.41 Å². The lowest BCUT2D eigenvalue weighted by atomic mass is 9.98. The third-order valence-electron chi connectivity index (χ3n) is 6.69. The van der Waals surface area contributed by atoms with Gasteiger partial charge in [-0.2, -0.15) is 0 Å². The first kappa shape index (κ1) is 23.8. The topological polar surface area (TPSA) is 114 Å². The molecule has 2 aliphatic carbocycles. The number of amides is 2. The molecule has 2 aromatic carbocycles. The van der Waals surface area contributed by atoms with Crippen molar-refractivity contribution in [3.05, 3.63) is 59.7 Å². The molecule has 0 spiro atoms. The van der Waals surface area contributed by atoms with E-state index in [1.165, 1.54) is 0 Å². The minimum Gasteiger partial charge on any atom is -0.480 e. The van der Waals surface area contributed by atoms with Crippen molar-refractivity contribution < 1.29 is 29.0 Å². The highest BCUT2D eigenvalue weighted by molar-refractivity contribution is 5.90. The fourth-order valence-electron chi connectivity index (χ4n) is 4.53. The number of alkyl carbamates (subject to hydrolysis) is 1. The zero-order chi connectivity index (χ0) is 24.1. The highest BCUT2D eigenvalue weighted by Gasteiger charge is 2.50. The van der Waals surface area contributed by atoms with Gasteiger partial charge in [0, 0.05) is 26.2 Å². The molecule has 2 amide bonds. The van der Waals surface area contributed by atoms with Crippen LogP contribution in [0.4, 0.5) is 4.79 Å². The first-order chi connectivity index (χ1) is 16.4. The summed E-state index contributed by atoms with van der Waals surface area (Å²) in [6, 6.07) is 15.2. The van der Waals surface area contributed by atoms with Gasteiger partial charge in [-0.3, -0.25) is 4.79 Å². The van der Waals surface area contributed by atoms with Crippen molar-refractivity contribution in [1.82, 2.24) is 10.6 Å². The van der Waals surface area contributed by atoms with E-state index < -0.39 is 23.5 Å². The quantitative estimate of drug-likeness (QED) is 0.438. The number of carboxylic acids is 1. The number of carbonyl (C=O) groups excluding carboxylic acids is 2. The van der Waals surface area contributed by atoms with E-state index in [9.17, 15) is 19.5 Å². The van der Waals surface area contributed by atoms with E-state index in [1.807, 2.05) is 24.3 Å². The van der Waals surface area contributed by atoms with Crippen LogP contribution in [0.1, 0.15) is 42.7 Å². The number of fused-ring (bicyclic) bond motifs is 3. The Hall–Kier alpha value is -3.39. The summed E-state index contributed by atoms with van der Waals surface area (Å²) in [5.74, 6) is -1.47. The van der Waals surface area contributed by atoms with Gasteiger partial charge in [0.25, 0.3) is 0 Å². The normalized spacial score (nSPS) is 16.1. The van der Waals surface area contributed by atoms with Gasteiger partial charge in [0.1, 0.15) is 12.6 Å². The van der Waals surface area contributed by atoms with Crippen LogP contribution in [0.3, 0.4) is 0 Å². The molecule has 3 N–H and O–H groups in total. The summed E-state index contributed by atoms with van der Waals surface area (Å²) < 4.78 is 10.5. The van der Waals surface area contributed by atoms with E-state index in [2.05, 4.69) is 34.9 Å². The van der Waals surface area contributed by atoms with Gasteiger partial charge in [-0.1, -0.05) is 48.5 Å². The maximum absolute atomic E-state index is 12.7. The van der Waals surface area contributed by atoms with E-state index >= 15 is 0 Å². The molecule has 1 saturated carbocycles. The smallest absolute Gasteiger partial charge is 0.407 e. The molecule has 0 aromatic heterocycles. The second-order valence-corrected chi connectivity index (χ2v) is 8.96. The minimum absolute atomic E-state index is 0.0419. The van der Waals surface area contributed by atoms with Gasteiger partial charge < -0.3 is 25.2 Å². The number of carbonyl (C=O) groups is 3. The molecule has 1 unspecified atom stereocenters. The van der Waals surface area contributed by atoms with Crippen molar-refractivity contribution in [3.8, 4) is 11.1 Å². The molecule has 0 saturated heterocycles. The molecular weight excluding hydrogens is 436 g/mol. The average Bonchev–Trinajstić information content (AvgIpc) is 3.57. The fourth-order valence-corrected chi connectivity index (χ4v) is 4.53. The van der Waals surface area contributed by atoms with E-state index in [0.29, 0.717) is 25.9 Å². The van der Waals surface area contributed by atoms with Crippen molar-refractivity contribution in [2.24, 2.45) is 5.41 Å². The highest BCUT2D eigenvalue weighted by Crippen LogP contribution is 2.46. The molecular formula is C26H30N2O6. The van der Waals surface area contributed by atoms with E-state index in [0.717, 1.165) is 22.3 Å². The Morgan fingerprint density at radius 3 is 2.24 bits per heavy atom. The number of rotatable bonds is 11. The van der Waals surface area contributed by atoms with Gasteiger partial charge in [-0.25, -0.2) is 9.59 Å². The Balaban J connectivity index is 1.30. The number of methoxy groups -OCH3 is 1. The van der Waals surface area contributed by atoms with Crippen molar-refractivity contribution in [2.45, 2.75) is 37.6 Å². The lowest BCUT2D eigenvalue weighted by molar-refractivity contribution is -0.143. The van der Waals surface area contributed by atoms with Crippen LogP contribution < -0.4 is 10.6 Å². The summed E-state index contributed by atoms with van der Waals surface area (Å²) in [5, 5.41) is 14.7. The number of benzene rings is 2. The van der Waals surface area contributed by atoms with Crippen LogP contribution in [0.2, 0.25) is 0 Å². The van der Waals surface area contributed by atoms with Crippen LogP contribution >= 0.6 is 0 Å². The molecule has 0 aliphatic heterocycles. The summed E-state index contributed by atoms with van der Waals surface area (Å²) in [6.45, 7) is 0.730. The van der Waals surface area contributed by atoms with Crippen molar-refractivity contribution in [3.63, 3.8) is 0 Å². The van der Waals surface area contributed by atoms with Gasteiger partial charge in [-0.15, -0.1) is 0 Å². The van der Waals surface area contributed by atoms with Crippen molar-refractivity contribution >= 4 is 18.0 Å². The van der Waals surface area contributed by atoms with Crippen LogP contribution in [0.15, 0.2) is 48.5 Å². The third kappa shape index (κ3) is 5.07. The molecule has 8 heteroatoms. The second kappa shape index (κ2) is 10.3. The fraction of sp³-hybridized carbons (Fsp3) is 0.423. The average molecular weight is 467 g/mol. The number of aliphatic carboxylic acids is 1. The first-order valence-corrected chi connectivity index (χ1v) is 11.6. The molecule has 4 rings (SSSR count). The zero-order valence-corrected chi connectivity index (χ0v) is 19.2. The Morgan fingerprint density at radius 1 is 1.06 bits per heavy atom. The number of carboxylic acid groups (broad SMARTS) is 1. The zero-order valence-electron chi connectivity index (χ0n) is 19.2. The van der Waals surface area contributed by atoms with Crippen LogP contribution in [0.25, 0.3) is 11.1 Å². The van der Waals surface area contributed by atoms with E-state index in [4.69, 9.17) is 9.47 Å². The summed E-state index contributed by atoms with van der Waals surface area (Å²) in [7, 11) is 1.54. The second-order valence-electron chi connectivity index (χ2n) is 8.96. The number of ether oxygens (including phenoxy) is 2. The van der Waals surface area contributed by atoms with E-state index in [-0.39, 0.29) is 31.4 Å². The summed E-state index contributed by atoms with van der Waals surface area (Å²) in [5.41, 5.74) is 3.78. The van der Waals surface area contributed by atoms with Crippen LogP contribution in [0.5, 0.6) is 0 Å². The predicted octanol–water partition coefficient (Wildman–Crippen LogP) is 3.30. The summed E-state index contributed by atoms with van der Waals surface area (Å²) in [6.07, 6.45) is 1.40. The van der Waals surface area contributed by atoms with Crippen molar-refractivity contribution in [2.75, 3.05) is 26.9 Å². The standard InChI is InChI=1S/C26H30N2O6/c1-33-14-6-11-22(23(29)30)28-24(31)26(12-13-26)16-27-25(32)34-15-21-19-9-4-2-7-17(19)18-8-3-5-10-20(18)21/h2-5,7-10,21-22H,6,11-16H2,1H3,(H,27,32)(H,28,31)(H,29,30). The molecule has 1 atom stereocenters. The molecule has 2 aromatic rings. The Kier molecular flexibility index (Phi) is 7.17. The van der Waals surface area contributed by atoms with Gasteiger partial charge in [0.15, 0.2) is 0 Å². The Labute approximate surface area is 198 Å². The number of hydrogen-bond donors (Lipinski definition) is 3. The van der Waals surface area contributed by atoms with Crippen molar-refractivity contribution in [1.29, 1.82) is 0 Å². The Morgan fingerprint density at radius 2 is 1.68 bits per heavy atom. The number of hydrogen-bond acceptors (Lipinski definition) is 5. The monoisotopic (exact) mass is 466 g/mol. The molecule has 0 radical (unpaired) electrons. The molecule has 0 bridgehead atoms. The predicted molar refractivity (Wildman–Crippen MR) is 125 cm³/mol. The van der Waals surface area contributed by atoms with Crippen LogP contribution in [0, 0.1) is 5.41 Å². The molecule has 2 aliphatic rings. The molecule has 180 valence electrons. The van der Waals surface area contributed by atoms with Crippen LogP contribution in [-0.4, -0.2) is 56.0 Å². The van der Waals surface area contributed by atoms with Gasteiger partial charge in [0.2, 0.25) is 5.91 Å². The minimum atomic E-state index is -1.08. The molecule has 1 fully saturated rings. The number of nitrogens with one attached hydrogen (secondary N) is 2.